The Hall–Kier alpha value is -2.33. The second kappa shape index (κ2) is 10.4. The molecule has 0 aliphatic carbocycles. The van der Waals surface area contributed by atoms with E-state index in [1.54, 1.807) is 0 Å². The van der Waals surface area contributed by atoms with Crippen LogP contribution in [-0.2, 0) is 0 Å². The summed E-state index contributed by atoms with van der Waals surface area (Å²) >= 11 is 0. The quantitative estimate of drug-likeness (QED) is 0.672. The van der Waals surface area contributed by atoms with Gasteiger partial charge in [-0.25, -0.2) is 0 Å². The summed E-state index contributed by atoms with van der Waals surface area (Å²) in [6.07, 6.45) is 3.74. The van der Waals surface area contributed by atoms with Crippen LogP contribution in [0, 0.1) is 0 Å². The van der Waals surface area contributed by atoms with Gasteiger partial charge in [0.05, 0.1) is 18.2 Å². The van der Waals surface area contributed by atoms with Crippen molar-refractivity contribution in [2.75, 3.05) is 26.2 Å². The number of benzene rings is 2. The van der Waals surface area contributed by atoms with E-state index in [-0.39, 0.29) is 11.9 Å². The number of carbonyl (C=O) groups is 1. The third-order valence-electron chi connectivity index (χ3n) is 5.71. The van der Waals surface area contributed by atoms with Crippen LogP contribution in [0.2, 0.25) is 0 Å². The third kappa shape index (κ3) is 5.60. The van der Waals surface area contributed by atoms with Crippen LogP contribution in [0.5, 0.6) is 5.75 Å². The summed E-state index contributed by atoms with van der Waals surface area (Å²) in [6, 6.07) is 16.6. The zero-order valence-corrected chi connectivity index (χ0v) is 18.0. The van der Waals surface area contributed by atoms with Gasteiger partial charge in [0.15, 0.2) is 0 Å². The maximum absolute atomic E-state index is 12.9. The summed E-state index contributed by atoms with van der Waals surface area (Å²) in [6.45, 7) is 9.68. The number of likely N-dealkylation sites (tertiary alicyclic amines) is 1. The molecule has 0 spiro atoms. The number of hydrogen-bond acceptors (Lipinski definition) is 3. The molecule has 0 bridgehead atoms. The molecule has 1 saturated heterocycles. The highest BCUT2D eigenvalue weighted by Crippen LogP contribution is 2.26. The van der Waals surface area contributed by atoms with E-state index in [0.717, 1.165) is 13.1 Å². The molecule has 4 nitrogen and oxygen atoms in total. The fraction of sp³-hybridized carbons (Fsp3) is 0.480. The van der Waals surface area contributed by atoms with Crippen molar-refractivity contribution in [1.82, 2.24) is 10.2 Å². The number of carbonyl (C=O) groups excluding carboxylic acids is 1. The van der Waals surface area contributed by atoms with Crippen LogP contribution in [0.25, 0.3) is 0 Å². The minimum Gasteiger partial charge on any atom is -0.493 e. The number of rotatable bonds is 8. The maximum Gasteiger partial charge on any atom is 0.255 e. The summed E-state index contributed by atoms with van der Waals surface area (Å²) in [5.41, 5.74) is 3.22. The summed E-state index contributed by atoms with van der Waals surface area (Å²) in [5, 5.41) is 3.17. The van der Waals surface area contributed by atoms with Crippen LogP contribution in [-0.4, -0.2) is 37.0 Å². The Balaban J connectivity index is 1.75. The molecule has 4 heteroatoms. The van der Waals surface area contributed by atoms with Gasteiger partial charge in [-0.05, 0) is 62.0 Å². The number of amides is 1. The third-order valence-corrected chi connectivity index (χ3v) is 5.71. The van der Waals surface area contributed by atoms with Gasteiger partial charge in [0, 0.05) is 6.54 Å². The fourth-order valence-corrected chi connectivity index (χ4v) is 4.01. The van der Waals surface area contributed by atoms with Gasteiger partial charge in [0.25, 0.3) is 5.91 Å². The van der Waals surface area contributed by atoms with E-state index in [2.05, 4.69) is 48.3 Å². The van der Waals surface area contributed by atoms with Gasteiger partial charge in [0.1, 0.15) is 5.75 Å². The van der Waals surface area contributed by atoms with E-state index in [0.29, 0.717) is 30.4 Å². The van der Waals surface area contributed by atoms with Crippen molar-refractivity contribution in [3.63, 3.8) is 0 Å². The zero-order valence-electron chi connectivity index (χ0n) is 18.0. The molecule has 1 fully saturated rings. The molecular formula is C25H34N2O2. The molecule has 156 valence electrons. The monoisotopic (exact) mass is 394 g/mol. The Kier molecular flexibility index (Phi) is 7.70. The maximum atomic E-state index is 12.9. The summed E-state index contributed by atoms with van der Waals surface area (Å²) in [7, 11) is 0. The molecule has 1 aliphatic heterocycles. The number of nitrogens with one attached hydrogen (secondary N) is 1. The predicted octanol–water partition coefficient (Wildman–Crippen LogP) is 5.17. The minimum atomic E-state index is -0.0742. The highest BCUT2D eigenvalue weighted by molar-refractivity contribution is 5.96. The molecule has 0 unspecified atom stereocenters. The highest BCUT2D eigenvalue weighted by atomic mass is 16.5. The predicted molar refractivity (Wildman–Crippen MR) is 119 cm³/mol. The Labute approximate surface area is 175 Å². The lowest BCUT2D eigenvalue weighted by atomic mass is 9.97. The van der Waals surface area contributed by atoms with Crippen molar-refractivity contribution >= 4 is 5.91 Å². The summed E-state index contributed by atoms with van der Waals surface area (Å²) in [5.74, 6) is 1.09. The molecule has 29 heavy (non-hydrogen) atoms. The first-order valence-electron chi connectivity index (χ1n) is 10.9. The molecule has 1 atom stereocenters. The van der Waals surface area contributed by atoms with E-state index in [1.807, 2.05) is 31.2 Å². The van der Waals surface area contributed by atoms with Crippen molar-refractivity contribution in [3.05, 3.63) is 65.2 Å². The van der Waals surface area contributed by atoms with E-state index in [4.69, 9.17) is 4.74 Å². The lowest BCUT2D eigenvalue weighted by Gasteiger charge is -2.35. The van der Waals surface area contributed by atoms with Crippen molar-refractivity contribution in [2.24, 2.45) is 0 Å². The number of ether oxygens (including phenoxy) is 1. The molecule has 3 rings (SSSR count). The zero-order chi connectivity index (χ0) is 20.6. The van der Waals surface area contributed by atoms with Gasteiger partial charge in [-0.1, -0.05) is 56.7 Å². The Morgan fingerprint density at radius 2 is 1.66 bits per heavy atom. The molecule has 0 saturated carbocycles. The van der Waals surface area contributed by atoms with Crippen molar-refractivity contribution < 1.29 is 9.53 Å². The van der Waals surface area contributed by atoms with Gasteiger partial charge >= 0.3 is 0 Å². The van der Waals surface area contributed by atoms with Crippen LogP contribution in [0.4, 0.5) is 0 Å². The molecule has 2 aromatic carbocycles. The van der Waals surface area contributed by atoms with Gasteiger partial charge in [0.2, 0.25) is 0 Å². The molecule has 0 radical (unpaired) electrons. The van der Waals surface area contributed by atoms with Gasteiger partial charge in [-0.15, -0.1) is 0 Å². The van der Waals surface area contributed by atoms with Crippen LogP contribution in [0.1, 0.15) is 73.5 Å². The minimum absolute atomic E-state index is 0.0742. The topological polar surface area (TPSA) is 41.6 Å². The van der Waals surface area contributed by atoms with Crippen molar-refractivity contribution in [1.29, 1.82) is 0 Å². The van der Waals surface area contributed by atoms with Crippen LogP contribution < -0.4 is 10.1 Å². The first-order chi connectivity index (χ1) is 14.1. The van der Waals surface area contributed by atoms with Gasteiger partial charge in [-0.3, -0.25) is 9.69 Å². The van der Waals surface area contributed by atoms with Gasteiger partial charge in [-0.2, -0.15) is 0 Å². The Morgan fingerprint density at radius 3 is 2.31 bits per heavy atom. The molecule has 2 aromatic rings. The number of para-hydroxylation sites is 1. The number of piperidine rings is 1. The van der Waals surface area contributed by atoms with E-state index < -0.39 is 0 Å². The second-order valence-corrected chi connectivity index (χ2v) is 8.07. The average Bonchev–Trinajstić information content (AvgIpc) is 2.75. The lowest BCUT2D eigenvalue weighted by Crippen LogP contribution is -2.40. The fourth-order valence-electron chi connectivity index (χ4n) is 4.01. The molecule has 0 aromatic heterocycles. The van der Waals surface area contributed by atoms with Crippen LogP contribution in [0.3, 0.4) is 0 Å². The lowest BCUT2D eigenvalue weighted by molar-refractivity contribution is 0.0920. The summed E-state index contributed by atoms with van der Waals surface area (Å²) < 4.78 is 5.63. The molecule has 1 amide bonds. The number of nitrogens with zero attached hydrogens (tertiary/aromatic N) is 1. The smallest absolute Gasteiger partial charge is 0.255 e. The first-order valence-corrected chi connectivity index (χ1v) is 10.9. The van der Waals surface area contributed by atoms with Crippen molar-refractivity contribution in [3.8, 4) is 5.75 Å². The van der Waals surface area contributed by atoms with E-state index >= 15 is 0 Å². The molecule has 1 N–H and O–H groups in total. The van der Waals surface area contributed by atoms with Gasteiger partial charge < -0.3 is 10.1 Å². The van der Waals surface area contributed by atoms with E-state index in [1.165, 1.54) is 30.4 Å². The standard InChI is InChI=1S/C25H34N2O2/c1-4-29-24-11-7-6-10-22(24)25(28)26-18-23(27-16-8-5-9-17-27)21-14-12-20(13-15-21)19(2)3/h6-7,10-15,19,23H,4-5,8-9,16-18H2,1-3H3,(H,26,28)/t23-/m0/s1. The first kappa shape index (κ1) is 21.4. The largest absolute Gasteiger partial charge is 0.493 e. The van der Waals surface area contributed by atoms with E-state index in [9.17, 15) is 4.79 Å². The Bertz CT molecular complexity index is 780. The Morgan fingerprint density at radius 1 is 1.00 bits per heavy atom. The molecule has 1 heterocycles. The van der Waals surface area contributed by atoms with Crippen LogP contribution >= 0.6 is 0 Å². The number of hydrogen-bond donors (Lipinski definition) is 1. The van der Waals surface area contributed by atoms with Crippen LogP contribution in [0.15, 0.2) is 48.5 Å². The molecule has 1 aliphatic rings. The highest BCUT2D eigenvalue weighted by Gasteiger charge is 2.23. The second-order valence-electron chi connectivity index (χ2n) is 8.07. The van der Waals surface area contributed by atoms with Crippen molar-refractivity contribution in [2.45, 2.75) is 52.0 Å². The summed E-state index contributed by atoms with van der Waals surface area (Å²) in [4.78, 5) is 15.4. The molecular weight excluding hydrogens is 360 g/mol. The average molecular weight is 395 g/mol. The SMILES string of the molecule is CCOc1ccccc1C(=O)NC[C@@H](c1ccc(C(C)C)cc1)N1CCCCC1. The normalized spacial score (nSPS) is 15.9.